The summed E-state index contributed by atoms with van der Waals surface area (Å²) in [5.74, 6) is -1.01. The van der Waals surface area contributed by atoms with Gasteiger partial charge in [-0.05, 0) is 6.92 Å². The van der Waals surface area contributed by atoms with Crippen LogP contribution in [-0.4, -0.2) is 22.2 Å². The Morgan fingerprint density at radius 3 is 3.00 bits per heavy atom. The van der Waals surface area contributed by atoms with E-state index in [9.17, 15) is 9.59 Å². The van der Waals surface area contributed by atoms with E-state index >= 15 is 0 Å². The van der Waals surface area contributed by atoms with Gasteiger partial charge in [0.2, 0.25) is 5.91 Å². The summed E-state index contributed by atoms with van der Waals surface area (Å²) in [7, 11) is 0. The number of carboxylic acid groups (broad SMARTS) is 1. The van der Waals surface area contributed by atoms with Crippen molar-refractivity contribution in [2.24, 2.45) is 0 Å². The highest BCUT2D eigenvalue weighted by Gasteiger charge is 2.28. The van der Waals surface area contributed by atoms with Crippen molar-refractivity contribution in [1.29, 1.82) is 0 Å². The van der Waals surface area contributed by atoms with Crippen LogP contribution in [-0.2, 0) is 4.79 Å². The predicted octanol–water partition coefficient (Wildman–Crippen LogP) is 1.88. The van der Waals surface area contributed by atoms with E-state index in [2.05, 4.69) is 5.32 Å². The van der Waals surface area contributed by atoms with Crippen LogP contribution in [0.5, 0.6) is 0 Å². The summed E-state index contributed by atoms with van der Waals surface area (Å²) in [6.45, 7) is 1.76. The zero-order valence-electron chi connectivity index (χ0n) is 7.23. The van der Waals surface area contributed by atoms with Crippen LogP contribution in [0.3, 0.4) is 0 Å². The molecule has 0 aliphatic carbocycles. The molecule has 0 saturated heterocycles. The molecule has 2 rings (SSSR count). The van der Waals surface area contributed by atoms with E-state index in [1.807, 2.05) is 0 Å². The number of rotatable bonds is 1. The lowest BCUT2D eigenvalue weighted by Crippen LogP contribution is -2.26. The van der Waals surface area contributed by atoms with Crippen LogP contribution in [0.15, 0.2) is 10.3 Å². The fourth-order valence-corrected chi connectivity index (χ4v) is 3.21. The number of carboxylic acids is 1. The third-order valence-corrected chi connectivity index (χ3v) is 4.19. The maximum Gasteiger partial charge on any atom is 0.347 e. The first-order valence-electron chi connectivity index (χ1n) is 3.92. The Hall–Kier alpha value is -1.01. The van der Waals surface area contributed by atoms with Gasteiger partial charge in [-0.3, -0.25) is 4.79 Å². The molecule has 6 heteroatoms. The highest BCUT2D eigenvalue weighted by atomic mass is 32.2. The second-order valence-electron chi connectivity index (χ2n) is 2.86. The molecule has 4 nitrogen and oxygen atoms in total. The SMILES string of the molecule is CC1Sc2c(csc2C(=O)O)NC1=O. The molecule has 1 unspecified atom stereocenters. The number of thiophene rings is 1. The van der Waals surface area contributed by atoms with Crippen LogP contribution in [0.2, 0.25) is 0 Å². The summed E-state index contributed by atoms with van der Waals surface area (Å²) < 4.78 is 0. The quantitative estimate of drug-likeness (QED) is 0.771. The van der Waals surface area contributed by atoms with Gasteiger partial charge in [0.15, 0.2) is 0 Å². The number of carbonyl (C=O) groups is 2. The van der Waals surface area contributed by atoms with Gasteiger partial charge in [0.25, 0.3) is 0 Å². The number of thioether (sulfide) groups is 1. The van der Waals surface area contributed by atoms with Crippen molar-refractivity contribution in [2.75, 3.05) is 5.32 Å². The number of aromatic carboxylic acids is 1. The lowest BCUT2D eigenvalue weighted by molar-refractivity contribution is -0.115. The van der Waals surface area contributed by atoms with Gasteiger partial charge < -0.3 is 10.4 Å². The van der Waals surface area contributed by atoms with Crippen molar-refractivity contribution in [3.05, 3.63) is 10.3 Å². The molecule has 74 valence electrons. The largest absolute Gasteiger partial charge is 0.477 e. The first kappa shape index (κ1) is 9.54. The van der Waals surface area contributed by atoms with E-state index in [1.165, 1.54) is 11.8 Å². The van der Waals surface area contributed by atoms with Crippen molar-refractivity contribution in [2.45, 2.75) is 17.1 Å². The summed E-state index contributed by atoms with van der Waals surface area (Å²) in [6, 6.07) is 0. The molecule has 0 fully saturated rings. The number of nitrogens with one attached hydrogen (secondary N) is 1. The normalized spacial score (nSPS) is 20.1. The molecule has 1 atom stereocenters. The van der Waals surface area contributed by atoms with Gasteiger partial charge in [0, 0.05) is 5.38 Å². The number of anilines is 1. The topological polar surface area (TPSA) is 66.4 Å². The van der Waals surface area contributed by atoms with E-state index < -0.39 is 5.97 Å². The third kappa shape index (κ3) is 1.40. The molecule has 1 aliphatic rings. The smallest absolute Gasteiger partial charge is 0.347 e. The van der Waals surface area contributed by atoms with E-state index in [0.29, 0.717) is 15.5 Å². The van der Waals surface area contributed by atoms with Crippen LogP contribution >= 0.6 is 23.1 Å². The van der Waals surface area contributed by atoms with Crippen molar-refractivity contribution in [3.63, 3.8) is 0 Å². The minimum Gasteiger partial charge on any atom is -0.477 e. The van der Waals surface area contributed by atoms with Crippen LogP contribution in [0.25, 0.3) is 0 Å². The maximum absolute atomic E-state index is 11.3. The summed E-state index contributed by atoms with van der Waals surface area (Å²) in [5, 5.41) is 13.0. The molecule has 0 spiro atoms. The number of carbonyl (C=O) groups excluding carboxylic acids is 1. The summed E-state index contributed by atoms with van der Waals surface area (Å²) in [4.78, 5) is 23.0. The number of hydrogen-bond donors (Lipinski definition) is 2. The van der Waals surface area contributed by atoms with Crippen LogP contribution in [0, 0.1) is 0 Å². The first-order valence-corrected chi connectivity index (χ1v) is 5.68. The minimum absolute atomic E-state index is 0.0720. The predicted molar refractivity (Wildman–Crippen MR) is 55.2 cm³/mol. The Morgan fingerprint density at radius 2 is 2.36 bits per heavy atom. The maximum atomic E-state index is 11.3. The van der Waals surface area contributed by atoms with E-state index in [-0.39, 0.29) is 11.2 Å². The summed E-state index contributed by atoms with van der Waals surface area (Å²) >= 11 is 2.44. The molecule has 1 aromatic heterocycles. The highest BCUT2D eigenvalue weighted by molar-refractivity contribution is 8.01. The summed E-state index contributed by atoms with van der Waals surface area (Å²) in [5.41, 5.74) is 0.625. The molecular weight excluding hydrogens is 222 g/mol. The van der Waals surface area contributed by atoms with E-state index in [0.717, 1.165) is 11.3 Å². The van der Waals surface area contributed by atoms with Gasteiger partial charge in [-0.25, -0.2) is 4.79 Å². The van der Waals surface area contributed by atoms with Crippen molar-refractivity contribution < 1.29 is 14.7 Å². The summed E-state index contributed by atoms with van der Waals surface area (Å²) in [6.07, 6.45) is 0. The van der Waals surface area contributed by atoms with Crippen LogP contribution in [0.4, 0.5) is 5.69 Å². The Morgan fingerprint density at radius 1 is 1.64 bits per heavy atom. The molecule has 1 amide bonds. The fourth-order valence-electron chi connectivity index (χ4n) is 1.16. The first-order chi connectivity index (χ1) is 6.59. The van der Waals surface area contributed by atoms with Gasteiger partial charge >= 0.3 is 5.97 Å². The van der Waals surface area contributed by atoms with Gasteiger partial charge in [-0.15, -0.1) is 23.1 Å². The monoisotopic (exact) mass is 229 g/mol. The van der Waals surface area contributed by atoms with Crippen LogP contribution in [0.1, 0.15) is 16.6 Å². The molecule has 1 aliphatic heterocycles. The molecule has 0 bridgehead atoms. The Bertz CT molecular complexity index is 413. The van der Waals surface area contributed by atoms with E-state index in [4.69, 9.17) is 5.11 Å². The average molecular weight is 229 g/mol. The molecule has 1 aromatic rings. The second-order valence-corrected chi connectivity index (χ2v) is 5.09. The standard InChI is InChI=1S/C8H7NO3S2/c1-3-7(10)9-4-2-13-6(8(11)12)5(4)14-3/h2-3H,1H3,(H,9,10)(H,11,12). The lowest BCUT2D eigenvalue weighted by atomic mass is 10.3. The number of fused-ring (bicyclic) bond motifs is 1. The second kappa shape index (κ2) is 3.29. The highest BCUT2D eigenvalue weighted by Crippen LogP contribution is 2.41. The van der Waals surface area contributed by atoms with Gasteiger partial charge in [0.1, 0.15) is 4.88 Å². The van der Waals surface area contributed by atoms with Crippen molar-refractivity contribution in [3.8, 4) is 0 Å². The molecule has 0 radical (unpaired) electrons. The number of hydrogen-bond acceptors (Lipinski definition) is 4. The average Bonchev–Trinajstić information content (AvgIpc) is 2.48. The molecular formula is C8H7NO3S2. The molecule has 2 N–H and O–H groups in total. The Balaban J connectivity index is 2.45. The third-order valence-electron chi connectivity index (χ3n) is 1.86. The molecule has 0 saturated carbocycles. The van der Waals surface area contributed by atoms with E-state index in [1.54, 1.807) is 12.3 Å². The van der Waals surface area contributed by atoms with Crippen LogP contribution < -0.4 is 5.32 Å². The fraction of sp³-hybridized carbons (Fsp3) is 0.250. The van der Waals surface area contributed by atoms with Crippen molar-refractivity contribution >= 4 is 40.7 Å². The minimum atomic E-state index is -0.938. The molecule has 0 aromatic carbocycles. The zero-order chi connectivity index (χ0) is 10.3. The molecule has 2 heterocycles. The Labute approximate surface area is 88.3 Å². The van der Waals surface area contributed by atoms with Crippen molar-refractivity contribution in [1.82, 2.24) is 0 Å². The molecule has 14 heavy (non-hydrogen) atoms. The van der Waals surface area contributed by atoms with Gasteiger partial charge in [0.05, 0.1) is 15.8 Å². The number of amides is 1. The van der Waals surface area contributed by atoms with Gasteiger partial charge in [-0.2, -0.15) is 0 Å². The lowest BCUT2D eigenvalue weighted by Gasteiger charge is -2.18. The zero-order valence-corrected chi connectivity index (χ0v) is 8.87. The Kier molecular flexibility index (Phi) is 2.24. The van der Waals surface area contributed by atoms with Gasteiger partial charge in [-0.1, -0.05) is 0 Å².